The van der Waals surface area contributed by atoms with Crippen LogP contribution in [0.2, 0.25) is 0 Å². The Labute approximate surface area is 109 Å². The molecule has 2 nitrogen and oxygen atoms in total. The molecule has 0 amide bonds. The fraction of sp³-hybridized carbons (Fsp3) is 0.900. The van der Waals surface area contributed by atoms with Crippen LogP contribution >= 0.6 is 0 Å². The summed E-state index contributed by atoms with van der Waals surface area (Å²) >= 11 is 0. The van der Waals surface area contributed by atoms with Gasteiger partial charge in [-0.2, -0.15) is 0 Å². The molecule has 0 aromatic rings. The number of hydrogen-bond acceptors (Lipinski definition) is 1. The Morgan fingerprint density at radius 2 is 1.23 bits per heavy atom. The Morgan fingerprint density at radius 3 is 1.54 bits per heavy atom. The number of hydrogen-bond donors (Lipinski definition) is 0. The summed E-state index contributed by atoms with van der Waals surface area (Å²) in [5, 5.41) is 4.65. The van der Waals surface area contributed by atoms with E-state index in [9.17, 15) is 0 Å². The fourth-order valence-corrected chi connectivity index (χ4v) is 1.67. The first-order valence-corrected chi connectivity index (χ1v) is 4.46. The molecule has 4 unspecified atom stereocenters. The third kappa shape index (κ3) is 3.58. The van der Waals surface area contributed by atoms with Crippen LogP contribution in [0, 0.1) is 7.43 Å². The van der Waals surface area contributed by atoms with E-state index in [1.165, 1.54) is 0 Å². The second-order valence-electron chi connectivity index (χ2n) is 3.78. The Morgan fingerprint density at radius 1 is 0.923 bits per heavy atom. The van der Waals surface area contributed by atoms with Crippen LogP contribution in [0.4, 0.5) is 0 Å². The molecule has 3 heteroatoms. The third-order valence-corrected chi connectivity index (χ3v) is 3.15. The maximum absolute atomic E-state index is 4.65. The van der Waals surface area contributed by atoms with Crippen molar-refractivity contribution in [3.05, 3.63) is 12.7 Å². The molecule has 0 aromatic carbocycles. The van der Waals surface area contributed by atoms with Gasteiger partial charge in [-0.15, -0.1) is 12.1 Å². The average molecular weight is 259 g/mol. The average Bonchev–Trinajstić information content (AvgIpc) is 1.97. The van der Waals surface area contributed by atoms with Crippen molar-refractivity contribution in [1.82, 2.24) is 4.90 Å². The quantitative estimate of drug-likeness (QED) is 0.610. The van der Waals surface area contributed by atoms with E-state index in [1.54, 1.807) is 0 Å². The van der Waals surface area contributed by atoms with E-state index in [1.807, 2.05) is 0 Å². The van der Waals surface area contributed by atoms with Crippen molar-refractivity contribution in [2.75, 3.05) is 7.05 Å². The maximum Gasteiger partial charge on any atom is 0 e. The molecule has 1 rings (SSSR count). The Balaban J connectivity index is 0. The minimum atomic E-state index is 0. The maximum atomic E-state index is 4.65. The van der Waals surface area contributed by atoms with Crippen LogP contribution in [0.5, 0.6) is 0 Å². The molecule has 0 spiro atoms. The predicted molar refractivity (Wildman–Crippen MR) is 55.4 cm³/mol. The molecular formula is C10H22N2Y-2. The second-order valence-corrected chi connectivity index (χ2v) is 3.78. The first kappa shape index (κ1) is 16.5. The summed E-state index contributed by atoms with van der Waals surface area (Å²) in [5.41, 5.74) is 0. The van der Waals surface area contributed by atoms with Crippen molar-refractivity contribution in [2.45, 2.75) is 51.9 Å². The van der Waals surface area contributed by atoms with Gasteiger partial charge in [0.1, 0.15) is 0 Å². The van der Waals surface area contributed by atoms with Gasteiger partial charge in [-0.05, 0) is 19.1 Å². The normalized spacial score (nSPS) is 40.4. The number of rotatable bonds is 0. The van der Waals surface area contributed by atoms with Gasteiger partial charge >= 0.3 is 0 Å². The van der Waals surface area contributed by atoms with Crippen molar-refractivity contribution < 1.29 is 32.7 Å². The largest absolute Gasteiger partial charge is 0.655 e. The molecule has 0 bridgehead atoms. The van der Waals surface area contributed by atoms with Crippen LogP contribution in [0.3, 0.4) is 0 Å². The molecule has 1 radical (unpaired) electrons. The standard InChI is InChI=1S/C9H19N2.CH3.Y/c1-6-8(3)11(5)9(4)7(2)10-6;;/h6-9H,1-5H3;1H3;/q2*-1;. The van der Waals surface area contributed by atoms with Crippen molar-refractivity contribution in [3.63, 3.8) is 0 Å². The minimum absolute atomic E-state index is 0. The van der Waals surface area contributed by atoms with Crippen LogP contribution in [-0.2, 0) is 32.7 Å². The van der Waals surface area contributed by atoms with Crippen molar-refractivity contribution in [2.24, 2.45) is 0 Å². The zero-order chi connectivity index (χ0) is 8.59. The van der Waals surface area contributed by atoms with E-state index in [-0.39, 0.29) is 40.1 Å². The first-order chi connectivity index (χ1) is 5.04. The Bertz CT molecular complexity index is 127. The van der Waals surface area contributed by atoms with Gasteiger partial charge in [0.15, 0.2) is 0 Å². The fourth-order valence-electron chi connectivity index (χ4n) is 1.67. The predicted octanol–water partition coefficient (Wildman–Crippen LogP) is 2.31. The van der Waals surface area contributed by atoms with E-state index >= 15 is 0 Å². The molecule has 1 fully saturated rings. The van der Waals surface area contributed by atoms with E-state index in [0.717, 1.165) is 0 Å². The molecule has 0 aromatic heterocycles. The van der Waals surface area contributed by atoms with Gasteiger partial charge in [-0.25, -0.2) is 0 Å². The molecule has 0 N–H and O–H groups in total. The second kappa shape index (κ2) is 6.50. The van der Waals surface area contributed by atoms with E-state index in [2.05, 4.69) is 45.0 Å². The zero-order valence-corrected chi connectivity index (χ0v) is 12.6. The van der Waals surface area contributed by atoms with Crippen molar-refractivity contribution in [1.29, 1.82) is 0 Å². The minimum Gasteiger partial charge on any atom is -0.655 e. The summed E-state index contributed by atoms with van der Waals surface area (Å²) in [6.07, 6.45) is 0. The molecule has 77 valence electrons. The van der Waals surface area contributed by atoms with Crippen LogP contribution in [-0.4, -0.2) is 36.1 Å². The summed E-state index contributed by atoms with van der Waals surface area (Å²) in [6, 6.07) is 2.18. The molecule has 13 heavy (non-hydrogen) atoms. The summed E-state index contributed by atoms with van der Waals surface area (Å²) in [6.45, 7) is 8.89. The number of piperazine rings is 1. The third-order valence-electron chi connectivity index (χ3n) is 3.15. The van der Waals surface area contributed by atoms with E-state index in [4.69, 9.17) is 0 Å². The van der Waals surface area contributed by atoms with Crippen molar-refractivity contribution in [3.8, 4) is 0 Å². The molecule has 1 heterocycles. The summed E-state index contributed by atoms with van der Waals surface area (Å²) in [5.74, 6) is 0. The van der Waals surface area contributed by atoms with Crippen molar-refractivity contribution >= 4 is 0 Å². The van der Waals surface area contributed by atoms with Crippen LogP contribution in [0.1, 0.15) is 27.7 Å². The zero-order valence-electron chi connectivity index (χ0n) is 9.78. The Hall–Kier alpha value is 1.02. The van der Waals surface area contributed by atoms with Gasteiger partial charge in [0.2, 0.25) is 0 Å². The molecule has 4 atom stereocenters. The van der Waals surface area contributed by atoms with Crippen LogP contribution in [0.25, 0.3) is 5.32 Å². The van der Waals surface area contributed by atoms with Gasteiger partial charge in [0.25, 0.3) is 0 Å². The van der Waals surface area contributed by atoms with Gasteiger partial charge < -0.3 is 17.6 Å². The smallest absolute Gasteiger partial charge is 0 e. The number of nitrogens with zero attached hydrogens (tertiary/aromatic N) is 2. The van der Waals surface area contributed by atoms with Gasteiger partial charge in [0, 0.05) is 32.7 Å². The van der Waals surface area contributed by atoms with E-state index < -0.39 is 0 Å². The monoisotopic (exact) mass is 259 g/mol. The van der Waals surface area contributed by atoms with Crippen LogP contribution < -0.4 is 0 Å². The molecule has 0 saturated carbocycles. The van der Waals surface area contributed by atoms with Gasteiger partial charge in [0.05, 0.1) is 0 Å². The van der Waals surface area contributed by atoms with Gasteiger partial charge in [-0.3, -0.25) is 0 Å². The Kier molecular flexibility index (Phi) is 8.22. The van der Waals surface area contributed by atoms with Gasteiger partial charge in [-0.1, -0.05) is 27.7 Å². The molecule has 1 saturated heterocycles. The summed E-state index contributed by atoms with van der Waals surface area (Å²) in [7, 11) is 2.19. The summed E-state index contributed by atoms with van der Waals surface area (Å²) < 4.78 is 0. The number of likely N-dealkylation sites (N-methyl/N-ethyl adjacent to an activating group) is 1. The molecule has 1 aliphatic rings. The molecular weight excluding hydrogens is 237 g/mol. The molecule has 1 aliphatic heterocycles. The first-order valence-electron chi connectivity index (χ1n) is 4.46. The SMILES string of the molecule is CC1[N-]C(C)C(C)N(C)C1C.[CH3-].[Y]. The molecule has 0 aliphatic carbocycles. The topological polar surface area (TPSA) is 17.3 Å². The van der Waals surface area contributed by atoms with Crippen LogP contribution in [0.15, 0.2) is 0 Å². The van der Waals surface area contributed by atoms with E-state index in [0.29, 0.717) is 24.2 Å². The summed E-state index contributed by atoms with van der Waals surface area (Å²) in [4.78, 5) is 2.42.